The van der Waals surface area contributed by atoms with Gasteiger partial charge in [-0.1, -0.05) is 41.6 Å². The minimum absolute atomic E-state index is 0.142. The fourth-order valence-corrected chi connectivity index (χ4v) is 5.39. The number of fused-ring (bicyclic) bond motifs is 1. The van der Waals surface area contributed by atoms with Crippen LogP contribution >= 0.6 is 0 Å². The summed E-state index contributed by atoms with van der Waals surface area (Å²) in [6, 6.07) is 27.2. The molecule has 6 rings (SSSR count). The first-order valence-corrected chi connectivity index (χ1v) is 15.6. The highest BCUT2D eigenvalue weighted by atomic mass is 16.5. The molecule has 0 spiro atoms. The Balaban J connectivity index is 1.08. The number of likely N-dealkylation sites (N-methyl/N-ethyl adjacent to an activating group) is 1. The second-order valence-corrected chi connectivity index (χ2v) is 11.9. The summed E-state index contributed by atoms with van der Waals surface area (Å²) in [7, 11) is 2.08. The van der Waals surface area contributed by atoms with Crippen LogP contribution in [0.2, 0.25) is 0 Å². The third-order valence-electron chi connectivity index (χ3n) is 8.13. The molecule has 0 radical (unpaired) electrons. The van der Waals surface area contributed by atoms with Crippen LogP contribution in [0.5, 0.6) is 0 Å². The lowest BCUT2D eigenvalue weighted by Crippen LogP contribution is -2.21. The average Bonchev–Trinajstić information content (AvgIpc) is 3.52. The predicted molar refractivity (Wildman–Crippen MR) is 185 cm³/mol. The molecule has 48 heavy (non-hydrogen) atoms. The van der Waals surface area contributed by atoms with Crippen LogP contribution in [-0.2, 0) is 13.0 Å². The highest BCUT2D eigenvalue weighted by molar-refractivity contribution is 6.12. The third-order valence-corrected chi connectivity index (χ3v) is 8.13. The summed E-state index contributed by atoms with van der Waals surface area (Å²) >= 11 is 0. The second kappa shape index (κ2) is 13.9. The molecular weight excluding hydrogens is 606 g/mol. The van der Waals surface area contributed by atoms with Gasteiger partial charge in [0.15, 0.2) is 17.0 Å². The van der Waals surface area contributed by atoms with E-state index >= 15 is 0 Å². The summed E-state index contributed by atoms with van der Waals surface area (Å²) in [6.45, 7) is 7.19. The van der Waals surface area contributed by atoms with E-state index in [-0.39, 0.29) is 17.1 Å². The van der Waals surface area contributed by atoms with Gasteiger partial charge in [0, 0.05) is 30.4 Å². The summed E-state index contributed by atoms with van der Waals surface area (Å²) in [5.41, 5.74) is 6.18. The first-order chi connectivity index (χ1) is 23.1. The van der Waals surface area contributed by atoms with Crippen molar-refractivity contribution >= 4 is 34.2 Å². The lowest BCUT2D eigenvalue weighted by atomic mass is 10.0. The molecule has 0 aliphatic carbocycles. The van der Waals surface area contributed by atoms with Gasteiger partial charge in [0.2, 0.25) is 0 Å². The highest BCUT2D eigenvalue weighted by Crippen LogP contribution is 2.24. The Morgan fingerprint density at radius 1 is 0.812 bits per heavy atom. The molecule has 2 heterocycles. The Hall–Kier alpha value is -5.87. The number of nitrogens with zero attached hydrogens (tertiary/aromatic N) is 3. The van der Waals surface area contributed by atoms with Crippen LogP contribution in [0.15, 0.2) is 105 Å². The fourth-order valence-electron chi connectivity index (χ4n) is 5.39. The van der Waals surface area contributed by atoms with Crippen molar-refractivity contribution < 1.29 is 18.5 Å². The molecule has 0 saturated heterocycles. The number of benzene rings is 4. The van der Waals surface area contributed by atoms with E-state index in [1.165, 1.54) is 0 Å². The third kappa shape index (κ3) is 7.40. The van der Waals surface area contributed by atoms with Gasteiger partial charge in [-0.15, -0.1) is 0 Å². The molecule has 0 aliphatic heterocycles. The van der Waals surface area contributed by atoms with E-state index in [4.69, 9.17) is 8.94 Å². The molecule has 0 aliphatic rings. The van der Waals surface area contributed by atoms with Crippen molar-refractivity contribution in [2.45, 2.75) is 33.7 Å². The number of anilines is 2. The SMILES string of the molecule is Cc1noc(-c2cccc(CN(C)CCc3ccc(NC(=O)c4cc(C)c(C)cc4NC(=O)c4cc(=O)c5ccccc5o4)cc3)c2)n1. The Kier molecular flexibility index (Phi) is 9.26. The number of rotatable bonds is 10. The number of hydrogen-bond acceptors (Lipinski definition) is 8. The average molecular weight is 642 g/mol. The van der Waals surface area contributed by atoms with Gasteiger partial charge in [0.05, 0.1) is 16.6 Å². The van der Waals surface area contributed by atoms with E-state index in [0.717, 1.165) is 53.4 Å². The predicted octanol–water partition coefficient (Wildman–Crippen LogP) is 6.95. The maximum absolute atomic E-state index is 13.5. The van der Waals surface area contributed by atoms with E-state index in [1.807, 2.05) is 50.2 Å². The number of aryl methyl sites for hydroxylation is 3. The lowest BCUT2D eigenvalue weighted by Gasteiger charge is -2.17. The molecule has 10 nitrogen and oxygen atoms in total. The number of amides is 2. The van der Waals surface area contributed by atoms with Crippen LogP contribution in [0, 0.1) is 20.8 Å². The monoisotopic (exact) mass is 641 g/mol. The van der Waals surface area contributed by atoms with Crippen LogP contribution in [0.1, 0.15) is 49.0 Å². The molecular formula is C38H35N5O5. The van der Waals surface area contributed by atoms with Gasteiger partial charge in [-0.05, 0) is 105 Å². The standard InChI is InChI=1S/C38H35N5O5/c1-23-18-31(32(19-24(23)2)41-37(46)35-21-33(44)30-10-5-6-11-34(30)47-35)36(45)40-29-14-12-26(13-15-29)16-17-43(4)22-27-8-7-9-28(20-27)38-39-25(3)42-48-38/h5-15,18-21H,16-17,22H2,1-4H3,(H,40,45)(H,41,46). The second-order valence-electron chi connectivity index (χ2n) is 11.9. The Labute approximate surface area is 277 Å². The van der Waals surface area contributed by atoms with Gasteiger partial charge < -0.3 is 24.5 Å². The number of carbonyl (C=O) groups is 2. The van der Waals surface area contributed by atoms with Crippen molar-refractivity contribution in [3.8, 4) is 11.5 Å². The van der Waals surface area contributed by atoms with Gasteiger partial charge in [-0.3, -0.25) is 14.4 Å². The van der Waals surface area contributed by atoms with Gasteiger partial charge in [-0.25, -0.2) is 0 Å². The number of carbonyl (C=O) groups excluding carboxylic acids is 2. The molecule has 2 amide bonds. The zero-order valence-corrected chi connectivity index (χ0v) is 27.2. The van der Waals surface area contributed by atoms with E-state index in [0.29, 0.717) is 39.6 Å². The molecule has 4 aromatic carbocycles. The van der Waals surface area contributed by atoms with Crippen molar-refractivity contribution in [2.24, 2.45) is 0 Å². The van der Waals surface area contributed by atoms with Crippen LogP contribution < -0.4 is 16.1 Å². The first kappa shape index (κ1) is 32.1. The highest BCUT2D eigenvalue weighted by Gasteiger charge is 2.19. The number of nitrogens with one attached hydrogen (secondary N) is 2. The normalized spacial score (nSPS) is 11.2. The zero-order valence-electron chi connectivity index (χ0n) is 27.2. The molecule has 0 fully saturated rings. The summed E-state index contributed by atoms with van der Waals surface area (Å²) in [5, 5.41) is 9.98. The van der Waals surface area contributed by atoms with E-state index < -0.39 is 5.91 Å². The van der Waals surface area contributed by atoms with Crippen LogP contribution in [0.4, 0.5) is 11.4 Å². The van der Waals surface area contributed by atoms with Crippen molar-refractivity contribution in [1.29, 1.82) is 0 Å². The van der Waals surface area contributed by atoms with Crippen LogP contribution in [-0.4, -0.2) is 40.4 Å². The molecule has 10 heteroatoms. The smallest absolute Gasteiger partial charge is 0.291 e. The largest absolute Gasteiger partial charge is 0.451 e. The van der Waals surface area contributed by atoms with Gasteiger partial charge in [-0.2, -0.15) is 4.98 Å². The molecule has 0 atom stereocenters. The minimum Gasteiger partial charge on any atom is -0.451 e. The van der Waals surface area contributed by atoms with Crippen LogP contribution in [0.3, 0.4) is 0 Å². The molecule has 0 unspecified atom stereocenters. The van der Waals surface area contributed by atoms with Crippen molar-refractivity contribution in [2.75, 3.05) is 24.2 Å². The van der Waals surface area contributed by atoms with Gasteiger partial charge in [0.1, 0.15) is 5.58 Å². The van der Waals surface area contributed by atoms with Crippen molar-refractivity contribution in [3.05, 3.63) is 141 Å². The number of para-hydroxylation sites is 1. The molecule has 6 aromatic rings. The van der Waals surface area contributed by atoms with Crippen molar-refractivity contribution in [3.63, 3.8) is 0 Å². The van der Waals surface area contributed by atoms with E-state index in [2.05, 4.69) is 44.9 Å². The summed E-state index contributed by atoms with van der Waals surface area (Å²) in [4.78, 5) is 45.8. The molecule has 242 valence electrons. The summed E-state index contributed by atoms with van der Waals surface area (Å²) in [6.07, 6.45) is 0.825. The quantitative estimate of drug-likeness (QED) is 0.164. The summed E-state index contributed by atoms with van der Waals surface area (Å²) < 4.78 is 11.0. The molecule has 2 aromatic heterocycles. The van der Waals surface area contributed by atoms with E-state index in [1.54, 1.807) is 43.3 Å². The van der Waals surface area contributed by atoms with E-state index in [9.17, 15) is 14.4 Å². The van der Waals surface area contributed by atoms with Gasteiger partial charge >= 0.3 is 0 Å². The molecule has 2 N–H and O–H groups in total. The number of hydrogen-bond donors (Lipinski definition) is 2. The maximum Gasteiger partial charge on any atom is 0.291 e. The topological polar surface area (TPSA) is 131 Å². The fraction of sp³-hybridized carbons (Fsp3) is 0.184. The molecule has 0 bridgehead atoms. The Bertz CT molecular complexity index is 2190. The Morgan fingerprint density at radius 3 is 2.35 bits per heavy atom. The summed E-state index contributed by atoms with van der Waals surface area (Å²) in [5.74, 6) is -0.0278. The first-order valence-electron chi connectivity index (χ1n) is 15.6. The Morgan fingerprint density at radius 2 is 1.58 bits per heavy atom. The minimum atomic E-state index is -0.626. The number of aromatic nitrogens is 2. The lowest BCUT2D eigenvalue weighted by molar-refractivity contribution is 0.0997. The van der Waals surface area contributed by atoms with Crippen LogP contribution in [0.25, 0.3) is 22.4 Å². The maximum atomic E-state index is 13.5. The van der Waals surface area contributed by atoms with Crippen molar-refractivity contribution in [1.82, 2.24) is 15.0 Å². The van der Waals surface area contributed by atoms with Gasteiger partial charge in [0.25, 0.3) is 17.7 Å². The molecule has 0 saturated carbocycles. The zero-order chi connectivity index (χ0) is 33.8.